The quantitative estimate of drug-likeness (QED) is 0.212. The number of hydrogen-bond donors (Lipinski definition) is 2. The molecule has 2 saturated heterocycles. The minimum Gasteiger partial charge on any atom is -0.554 e. The number of likely N-dealkylation sites (tertiary alicyclic amines) is 1. The highest BCUT2D eigenvalue weighted by atomic mass is 35.5. The van der Waals surface area contributed by atoms with Crippen LogP contribution in [0.15, 0.2) is 48.9 Å². The SMILES string of the molecule is CNc1ccc(-n2cc(-c3cnc(C(=O)Nc4ccc(C(=O)N5CCN(C(=O)C6CC[N+](C)(C)CC6)CC5)c(Cl)c4)n3C)c(C(F)(F)F)n2)nc1.O=C[O-]. The summed E-state index contributed by atoms with van der Waals surface area (Å²) in [6.07, 6.45) is 0.743. The number of benzene rings is 1. The standard InChI is InChI=1S/C34H38ClF3N10O3.CH2O2/c1-39-23-6-8-28(40-18-23)47-20-25(29(43-47)34(36,37)38)27-19-41-30(44(27)2)31(49)42-22-5-7-24(26(35)17-22)33(51)46-13-11-45(12-14-46)32(50)21-9-15-48(3,4)16-10-21;2-1-3/h5-8,17-21,39H,9-16H2,1-4H3;1H,(H,2,3). The van der Waals surface area contributed by atoms with E-state index < -0.39 is 24.2 Å². The second-order valence-electron chi connectivity index (χ2n) is 13.5. The van der Waals surface area contributed by atoms with Crippen molar-refractivity contribution in [2.75, 3.05) is 71.0 Å². The lowest BCUT2D eigenvalue weighted by Gasteiger charge is -2.40. The first-order valence-corrected chi connectivity index (χ1v) is 17.3. The maximum absolute atomic E-state index is 14.1. The number of nitrogens with one attached hydrogen (secondary N) is 2. The van der Waals surface area contributed by atoms with Gasteiger partial charge in [0.1, 0.15) is 0 Å². The molecule has 1 aromatic carbocycles. The third-order valence-electron chi connectivity index (χ3n) is 9.57. The van der Waals surface area contributed by atoms with Crippen LogP contribution in [0.3, 0.4) is 0 Å². The zero-order chi connectivity index (χ0) is 39.4. The van der Waals surface area contributed by atoms with Crippen molar-refractivity contribution in [1.29, 1.82) is 0 Å². The molecule has 2 aliphatic heterocycles. The molecule has 0 saturated carbocycles. The zero-order valence-corrected chi connectivity index (χ0v) is 30.8. The van der Waals surface area contributed by atoms with Gasteiger partial charge < -0.3 is 39.4 Å². The summed E-state index contributed by atoms with van der Waals surface area (Å²) in [7, 11) is 7.46. The molecule has 3 amide bonds. The summed E-state index contributed by atoms with van der Waals surface area (Å²) in [5.41, 5.74) is -0.265. The number of carbonyl (C=O) groups is 4. The average molecular weight is 773 g/mol. The van der Waals surface area contributed by atoms with Gasteiger partial charge in [0.15, 0.2) is 17.3 Å². The predicted molar refractivity (Wildman–Crippen MR) is 191 cm³/mol. The maximum atomic E-state index is 14.1. The van der Waals surface area contributed by atoms with Gasteiger partial charge in [-0.15, -0.1) is 0 Å². The van der Waals surface area contributed by atoms with Crippen molar-refractivity contribution >= 4 is 47.2 Å². The maximum Gasteiger partial charge on any atom is 0.435 e. The van der Waals surface area contributed by atoms with Gasteiger partial charge in [0.25, 0.3) is 11.8 Å². The van der Waals surface area contributed by atoms with Crippen molar-refractivity contribution in [3.63, 3.8) is 0 Å². The Morgan fingerprint density at radius 1 is 0.981 bits per heavy atom. The van der Waals surface area contributed by atoms with Crippen LogP contribution in [0.5, 0.6) is 0 Å². The Bertz CT molecular complexity index is 2000. The molecule has 5 heterocycles. The fourth-order valence-corrected chi connectivity index (χ4v) is 6.72. The number of halogens is 4. The molecule has 54 heavy (non-hydrogen) atoms. The zero-order valence-electron chi connectivity index (χ0n) is 30.1. The minimum absolute atomic E-state index is 0.00767. The number of rotatable bonds is 7. The number of piperazine rings is 1. The Balaban J connectivity index is 0.00000181. The number of amides is 3. The van der Waals surface area contributed by atoms with Crippen LogP contribution in [-0.2, 0) is 22.8 Å². The molecular weight excluding hydrogens is 733 g/mol. The molecule has 2 N–H and O–H groups in total. The summed E-state index contributed by atoms with van der Waals surface area (Å²) < 4.78 is 45.4. The number of carboxylic acid groups (broad SMARTS) is 1. The van der Waals surface area contributed by atoms with E-state index in [2.05, 4.69) is 39.8 Å². The molecule has 0 radical (unpaired) electrons. The third-order valence-corrected chi connectivity index (χ3v) is 9.88. The number of piperidine rings is 1. The second-order valence-corrected chi connectivity index (χ2v) is 13.9. The van der Waals surface area contributed by atoms with E-state index in [4.69, 9.17) is 21.5 Å². The highest BCUT2D eigenvalue weighted by Gasteiger charge is 2.39. The normalized spacial score (nSPS) is 15.9. The van der Waals surface area contributed by atoms with Crippen LogP contribution >= 0.6 is 11.6 Å². The van der Waals surface area contributed by atoms with Gasteiger partial charge in [-0.05, 0) is 30.3 Å². The van der Waals surface area contributed by atoms with Crippen LogP contribution in [0.4, 0.5) is 24.5 Å². The van der Waals surface area contributed by atoms with Gasteiger partial charge in [0, 0.05) is 77.4 Å². The number of imidazole rings is 1. The number of anilines is 2. The molecule has 0 spiro atoms. The van der Waals surface area contributed by atoms with Gasteiger partial charge in [-0.3, -0.25) is 14.4 Å². The minimum atomic E-state index is -4.80. The van der Waals surface area contributed by atoms with Crippen LogP contribution in [0.2, 0.25) is 5.02 Å². The van der Waals surface area contributed by atoms with Gasteiger partial charge in [-0.25, -0.2) is 14.6 Å². The van der Waals surface area contributed by atoms with Crippen molar-refractivity contribution < 1.29 is 41.9 Å². The Labute approximate surface area is 313 Å². The summed E-state index contributed by atoms with van der Waals surface area (Å²) in [5.74, 6) is -0.810. The number of quaternary nitrogens is 1. The van der Waals surface area contributed by atoms with E-state index >= 15 is 0 Å². The van der Waals surface area contributed by atoms with Gasteiger partial charge in [-0.1, -0.05) is 11.6 Å². The number of aromatic nitrogens is 5. The number of nitrogens with zero attached hydrogens (tertiary/aromatic N) is 8. The van der Waals surface area contributed by atoms with Crippen LogP contribution < -0.4 is 15.7 Å². The van der Waals surface area contributed by atoms with Crippen molar-refractivity contribution in [3.8, 4) is 17.1 Å². The van der Waals surface area contributed by atoms with Crippen molar-refractivity contribution in [1.82, 2.24) is 34.1 Å². The van der Waals surface area contributed by atoms with E-state index in [-0.39, 0.29) is 56.9 Å². The van der Waals surface area contributed by atoms with E-state index in [1.54, 1.807) is 18.0 Å². The van der Waals surface area contributed by atoms with E-state index in [0.717, 1.165) is 35.1 Å². The van der Waals surface area contributed by atoms with Gasteiger partial charge >= 0.3 is 6.18 Å². The topological polar surface area (TPSA) is 170 Å². The largest absolute Gasteiger partial charge is 0.554 e. The molecule has 0 unspecified atom stereocenters. The average Bonchev–Trinajstić information content (AvgIpc) is 3.76. The monoisotopic (exact) mass is 772 g/mol. The Morgan fingerprint density at radius 3 is 2.19 bits per heavy atom. The first kappa shape index (κ1) is 39.7. The first-order chi connectivity index (χ1) is 25.6. The Morgan fingerprint density at radius 2 is 1.61 bits per heavy atom. The molecule has 2 aliphatic rings. The first-order valence-electron chi connectivity index (χ1n) is 17.0. The van der Waals surface area contributed by atoms with E-state index in [1.807, 2.05) is 4.90 Å². The Hall–Kier alpha value is -5.49. The van der Waals surface area contributed by atoms with Crippen molar-refractivity contribution in [2.45, 2.75) is 19.0 Å². The Kier molecular flexibility index (Phi) is 12.0. The van der Waals surface area contributed by atoms with Gasteiger partial charge in [0.2, 0.25) is 5.91 Å². The molecule has 3 aromatic heterocycles. The van der Waals surface area contributed by atoms with Crippen molar-refractivity contribution in [3.05, 3.63) is 71.0 Å². The number of pyridine rings is 1. The number of alkyl halides is 3. The molecule has 4 aromatic rings. The van der Waals surface area contributed by atoms with Gasteiger partial charge in [-0.2, -0.15) is 18.3 Å². The molecule has 6 rings (SSSR count). The third kappa shape index (κ3) is 8.82. The summed E-state index contributed by atoms with van der Waals surface area (Å²) in [4.78, 5) is 59.8. The van der Waals surface area contributed by atoms with Gasteiger partial charge in [0.05, 0.1) is 67.1 Å². The number of carbonyl (C=O) groups excluding carboxylic acids is 4. The highest BCUT2D eigenvalue weighted by Crippen LogP contribution is 2.37. The second kappa shape index (κ2) is 16.3. The van der Waals surface area contributed by atoms with Crippen LogP contribution in [0, 0.1) is 5.92 Å². The molecule has 2 fully saturated rings. The van der Waals surface area contributed by atoms with E-state index in [0.29, 0.717) is 31.9 Å². The lowest BCUT2D eigenvalue weighted by Crippen LogP contribution is -2.54. The summed E-state index contributed by atoms with van der Waals surface area (Å²) in [5, 5.41) is 17.7. The summed E-state index contributed by atoms with van der Waals surface area (Å²) in [6.45, 7) is 3.08. The molecule has 288 valence electrons. The fraction of sp³-hybridized carbons (Fsp3) is 0.400. The molecular formula is C35H40ClF3N10O5. The fourth-order valence-electron chi connectivity index (χ4n) is 6.45. The predicted octanol–water partition coefficient (Wildman–Crippen LogP) is 2.77. The van der Waals surface area contributed by atoms with Crippen molar-refractivity contribution in [2.24, 2.45) is 13.0 Å². The lowest BCUT2D eigenvalue weighted by molar-refractivity contribution is -0.895. The molecule has 15 nitrogen and oxygen atoms in total. The molecule has 0 atom stereocenters. The molecule has 0 bridgehead atoms. The molecule has 19 heteroatoms. The van der Waals surface area contributed by atoms with Crippen LogP contribution in [0.1, 0.15) is 39.5 Å². The van der Waals surface area contributed by atoms with Crippen LogP contribution in [-0.4, -0.2) is 123 Å². The lowest BCUT2D eigenvalue weighted by atomic mass is 9.94. The van der Waals surface area contributed by atoms with E-state index in [1.165, 1.54) is 54.5 Å². The summed E-state index contributed by atoms with van der Waals surface area (Å²) >= 11 is 6.51. The van der Waals surface area contributed by atoms with E-state index in [9.17, 15) is 27.6 Å². The summed E-state index contributed by atoms with van der Waals surface area (Å²) in [6, 6.07) is 7.63. The number of hydrogen-bond acceptors (Lipinski definition) is 9. The smallest absolute Gasteiger partial charge is 0.435 e. The molecule has 0 aliphatic carbocycles. The highest BCUT2D eigenvalue weighted by molar-refractivity contribution is 6.34. The van der Waals surface area contributed by atoms with Crippen LogP contribution in [0.25, 0.3) is 17.1 Å².